The number of sulfonamides is 1. The van der Waals surface area contributed by atoms with Gasteiger partial charge in [0, 0.05) is 5.56 Å². The molecular weight excluding hydrogens is 254 g/mol. The average Bonchev–Trinajstić information content (AvgIpc) is 2.29. The van der Waals surface area contributed by atoms with Gasteiger partial charge in [-0.15, -0.1) is 0 Å². The molecule has 1 aromatic rings. The molecule has 0 bridgehead atoms. The Hall–Kier alpha value is -1.56. The molecular formula is C12H17NO4S. The topological polar surface area (TPSA) is 72.5 Å². The number of nitrogens with one attached hydrogen (secondary N) is 1. The van der Waals surface area contributed by atoms with Gasteiger partial charge in [-0.05, 0) is 37.6 Å². The highest BCUT2D eigenvalue weighted by Gasteiger charge is 2.14. The Morgan fingerprint density at radius 1 is 1.22 bits per heavy atom. The fourth-order valence-corrected chi connectivity index (χ4v) is 2.43. The zero-order chi connectivity index (χ0) is 13.6. The lowest BCUT2D eigenvalue weighted by atomic mass is 10.2. The van der Waals surface area contributed by atoms with E-state index < -0.39 is 15.9 Å². The molecule has 0 aliphatic heterocycles. The van der Waals surface area contributed by atoms with Crippen molar-refractivity contribution in [3.8, 4) is 5.75 Å². The Bertz CT molecular complexity index is 493. The van der Waals surface area contributed by atoms with Gasteiger partial charge >= 0.3 is 0 Å². The highest BCUT2D eigenvalue weighted by atomic mass is 32.2. The van der Waals surface area contributed by atoms with E-state index in [0.29, 0.717) is 18.8 Å². The van der Waals surface area contributed by atoms with Gasteiger partial charge in [0.15, 0.2) is 0 Å². The normalized spacial score (nSPS) is 11.0. The molecule has 100 valence electrons. The Morgan fingerprint density at radius 2 is 1.83 bits per heavy atom. The van der Waals surface area contributed by atoms with Crippen molar-refractivity contribution in [3.05, 3.63) is 29.8 Å². The van der Waals surface area contributed by atoms with Crippen LogP contribution in [0.5, 0.6) is 5.75 Å². The van der Waals surface area contributed by atoms with Crippen LogP contribution >= 0.6 is 0 Å². The molecule has 5 nitrogen and oxygen atoms in total. The van der Waals surface area contributed by atoms with Gasteiger partial charge in [0.05, 0.1) is 12.4 Å². The van der Waals surface area contributed by atoms with E-state index >= 15 is 0 Å². The molecule has 0 spiro atoms. The van der Waals surface area contributed by atoms with Crippen molar-refractivity contribution in [2.45, 2.75) is 20.3 Å². The van der Waals surface area contributed by atoms with E-state index in [1.807, 2.05) is 11.6 Å². The van der Waals surface area contributed by atoms with Crippen LogP contribution in [-0.2, 0) is 10.0 Å². The monoisotopic (exact) mass is 271 g/mol. The maximum atomic E-state index is 11.7. The molecule has 1 amide bonds. The number of rotatable bonds is 6. The van der Waals surface area contributed by atoms with Crippen LogP contribution in [0.15, 0.2) is 24.3 Å². The van der Waals surface area contributed by atoms with E-state index in [-0.39, 0.29) is 11.3 Å². The minimum Gasteiger partial charge on any atom is -0.494 e. The third-order valence-electron chi connectivity index (χ3n) is 2.15. The summed E-state index contributed by atoms with van der Waals surface area (Å²) in [6.45, 7) is 4.13. The summed E-state index contributed by atoms with van der Waals surface area (Å²) in [4.78, 5) is 11.7. The Labute approximate surface area is 107 Å². The van der Waals surface area contributed by atoms with Gasteiger partial charge in [-0.1, -0.05) is 6.92 Å². The molecule has 1 N–H and O–H groups in total. The average molecular weight is 271 g/mol. The van der Waals surface area contributed by atoms with E-state index in [2.05, 4.69) is 0 Å². The fraction of sp³-hybridized carbons (Fsp3) is 0.417. The van der Waals surface area contributed by atoms with Crippen molar-refractivity contribution < 1.29 is 17.9 Å². The van der Waals surface area contributed by atoms with Gasteiger partial charge in [-0.3, -0.25) is 4.79 Å². The van der Waals surface area contributed by atoms with Crippen LogP contribution < -0.4 is 9.46 Å². The second-order valence-electron chi connectivity index (χ2n) is 3.71. The number of benzene rings is 1. The lowest BCUT2D eigenvalue weighted by molar-refractivity contribution is 0.0981. The Kier molecular flexibility index (Phi) is 5.15. The molecule has 18 heavy (non-hydrogen) atoms. The van der Waals surface area contributed by atoms with Crippen molar-refractivity contribution in [3.63, 3.8) is 0 Å². The van der Waals surface area contributed by atoms with Crippen LogP contribution in [0.2, 0.25) is 0 Å². The van der Waals surface area contributed by atoms with Crippen LogP contribution in [0.1, 0.15) is 30.6 Å². The standard InChI is InChI=1S/C12H17NO4S/c1-3-9-18(15,16)13-12(14)10-5-7-11(8-6-10)17-4-2/h5-8H,3-4,9H2,1-2H3,(H,13,14). The van der Waals surface area contributed by atoms with E-state index in [1.54, 1.807) is 19.1 Å². The zero-order valence-corrected chi connectivity index (χ0v) is 11.3. The lowest BCUT2D eigenvalue weighted by Crippen LogP contribution is -2.32. The second kappa shape index (κ2) is 6.39. The summed E-state index contributed by atoms with van der Waals surface area (Å²) in [5, 5.41) is 0. The minimum atomic E-state index is -3.53. The van der Waals surface area contributed by atoms with Crippen molar-refractivity contribution in [2.75, 3.05) is 12.4 Å². The number of hydrogen-bond donors (Lipinski definition) is 1. The zero-order valence-electron chi connectivity index (χ0n) is 10.5. The molecule has 1 aromatic carbocycles. The van der Waals surface area contributed by atoms with Crippen LogP contribution in [0.4, 0.5) is 0 Å². The molecule has 0 unspecified atom stereocenters. The predicted octanol–water partition coefficient (Wildman–Crippen LogP) is 1.55. The largest absolute Gasteiger partial charge is 0.494 e. The minimum absolute atomic E-state index is 0.0598. The van der Waals surface area contributed by atoms with E-state index in [9.17, 15) is 13.2 Å². The summed E-state index contributed by atoms with van der Waals surface area (Å²) >= 11 is 0. The number of carbonyl (C=O) groups is 1. The summed E-state index contributed by atoms with van der Waals surface area (Å²) < 4.78 is 30.1. The molecule has 0 atom stereocenters. The molecule has 0 aromatic heterocycles. The van der Waals surface area contributed by atoms with Crippen LogP contribution in [0.25, 0.3) is 0 Å². The quantitative estimate of drug-likeness (QED) is 0.852. The van der Waals surface area contributed by atoms with Crippen LogP contribution in [0.3, 0.4) is 0 Å². The molecule has 0 radical (unpaired) electrons. The maximum absolute atomic E-state index is 11.7. The highest BCUT2D eigenvalue weighted by Crippen LogP contribution is 2.12. The van der Waals surface area contributed by atoms with E-state index in [1.165, 1.54) is 12.1 Å². The molecule has 6 heteroatoms. The molecule has 0 fully saturated rings. The first-order valence-electron chi connectivity index (χ1n) is 5.76. The van der Waals surface area contributed by atoms with Gasteiger partial charge < -0.3 is 4.74 Å². The van der Waals surface area contributed by atoms with Crippen molar-refractivity contribution in [1.82, 2.24) is 4.72 Å². The first-order valence-corrected chi connectivity index (χ1v) is 7.41. The molecule has 1 rings (SSSR count). The maximum Gasteiger partial charge on any atom is 0.264 e. The predicted molar refractivity (Wildman–Crippen MR) is 69.2 cm³/mol. The highest BCUT2D eigenvalue weighted by molar-refractivity contribution is 7.90. The van der Waals surface area contributed by atoms with Crippen LogP contribution in [0, 0.1) is 0 Å². The summed E-state index contributed by atoms with van der Waals surface area (Å²) in [6, 6.07) is 6.32. The number of ether oxygens (including phenoxy) is 1. The molecule has 0 aliphatic rings. The Balaban J connectivity index is 2.73. The van der Waals surface area contributed by atoms with Crippen LogP contribution in [-0.4, -0.2) is 26.7 Å². The van der Waals surface area contributed by atoms with E-state index in [0.717, 1.165) is 0 Å². The van der Waals surface area contributed by atoms with Gasteiger partial charge in [-0.2, -0.15) is 0 Å². The number of amides is 1. The van der Waals surface area contributed by atoms with Gasteiger partial charge in [0.2, 0.25) is 10.0 Å². The van der Waals surface area contributed by atoms with Gasteiger partial charge in [0.25, 0.3) is 5.91 Å². The Morgan fingerprint density at radius 3 is 2.33 bits per heavy atom. The first kappa shape index (κ1) is 14.5. The van der Waals surface area contributed by atoms with Gasteiger partial charge in [0.1, 0.15) is 5.75 Å². The van der Waals surface area contributed by atoms with E-state index in [4.69, 9.17) is 4.74 Å². The molecule has 0 saturated heterocycles. The third kappa shape index (κ3) is 4.37. The number of hydrogen-bond acceptors (Lipinski definition) is 4. The molecule has 0 saturated carbocycles. The third-order valence-corrected chi connectivity index (χ3v) is 3.59. The molecule has 0 aliphatic carbocycles. The smallest absolute Gasteiger partial charge is 0.264 e. The van der Waals surface area contributed by atoms with Crippen molar-refractivity contribution >= 4 is 15.9 Å². The summed E-state index contributed by atoms with van der Waals surface area (Å²) in [5.74, 6) is -0.0348. The summed E-state index contributed by atoms with van der Waals surface area (Å²) in [5.41, 5.74) is 0.290. The van der Waals surface area contributed by atoms with Crippen molar-refractivity contribution in [2.24, 2.45) is 0 Å². The molecule has 0 heterocycles. The lowest BCUT2D eigenvalue weighted by Gasteiger charge is -2.07. The fourth-order valence-electron chi connectivity index (χ4n) is 1.39. The first-order chi connectivity index (χ1) is 8.48. The van der Waals surface area contributed by atoms with Gasteiger partial charge in [-0.25, -0.2) is 13.1 Å². The van der Waals surface area contributed by atoms with Crippen molar-refractivity contribution in [1.29, 1.82) is 0 Å². The SMILES string of the molecule is CCCS(=O)(=O)NC(=O)c1ccc(OCC)cc1. The summed E-state index contributed by atoms with van der Waals surface area (Å²) in [7, 11) is -3.53. The second-order valence-corrected chi connectivity index (χ2v) is 5.55. The number of carbonyl (C=O) groups excluding carboxylic acids is 1. The summed E-state index contributed by atoms with van der Waals surface area (Å²) in [6.07, 6.45) is 0.464.